The maximum atomic E-state index is 4.59. The Labute approximate surface area is 114 Å². The molecule has 3 rings (SSSR count). The molecule has 1 aromatic carbocycles. The first-order valence-electron chi connectivity index (χ1n) is 6.96. The van der Waals surface area contributed by atoms with Crippen LogP contribution in [0.25, 0.3) is 5.69 Å². The molecule has 1 aliphatic rings. The van der Waals surface area contributed by atoms with Gasteiger partial charge < -0.3 is 5.32 Å². The fourth-order valence-electron chi connectivity index (χ4n) is 2.48. The Hall–Kier alpha value is -1.61. The van der Waals surface area contributed by atoms with Crippen molar-refractivity contribution < 1.29 is 0 Å². The van der Waals surface area contributed by atoms with Gasteiger partial charge in [-0.3, -0.25) is 0 Å². The van der Waals surface area contributed by atoms with E-state index in [2.05, 4.69) is 42.5 Å². The van der Waals surface area contributed by atoms with Crippen LogP contribution in [0.15, 0.2) is 42.6 Å². The van der Waals surface area contributed by atoms with Crippen LogP contribution < -0.4 is 5.32 Å². The topological polar surface area (TPSA) is 29.9 Å². The molecule has 3 nitrogen and oxygen atoms in total. The molecule has 1 atom stereocenters. The quantitative estimate of drug-likeness (QED) is 0.890. The highest BCUT2D eigenvalue weighted by Gasteiger charge is 2.44. The first-order chi connectivity index (χ1) is 9.15. The Bertz CT molecular complexity index is 542. The van der Waals surface area contributed by atoms with Gasteiger partial charge in [0.2, 0.25) is 0 Å². The first kappa shape index (κ1) is 12.4. The van der Waals surface area contributed by atoms with Crippen LogP contribution in [0.5, 0.6) is 0 Å². The molecular weight excluding hydrogens is 234 g/mol. The van der Waals surface area contributed by atoms with Crippen molar-refractivity contribution in [1.82, 2.24) is 15.1 Å². The molecule has 2 aromatic rings. The highest BCUT2D eigenvalue weighted by Crippen LogP contribution is 2.50. The average molecular weight is 255 g/mol. The van der Waals surface area contributed by atoms with E-state index < -0.39 is 0 Å². The minimum atomic E-state index is 0.552. The highest BCUT2D eigenvalue weighted by atomic mass is 15.3. The van der Waals surface area contributed by atoms with Crippen molar-refractivity contribution in [3.8, 4) is 5.69 Å². The standard InChI is InChI=1S/C16H21N3/c1-16(2)10-13(16)11-17-12-14-8-9-19(18-14)15-6-4-3-5-7-15/h3-9,13,17H,10-12H2,1-2H3. The molecule has 0 spiro atoms. The van der Waals surface area contributed by atoms with Gasteiger partial charge in [-0.15, -0.1) is 0 Å². The van der Waals surface area contributed by atoms with Crippen LogP contribution in [-0.4, -0.2) is 16.3 Å². The van der Waals surface area contributed by atoms with E-state index in [1.54, 1.807) is 0 Å². The van der Waals surface area contributed by atoms with E-state index >= 15 is 0 Å². The third kappa shape index (κ3) is 2.87. The predicted octanol–water partition coefficient (Wildman–Crippen LogP) is 3.01. The molecule has 3 heteroatoms. The molecule has 0 bridgehead atoms. The monoisotopic (exact) mass is 255 g/mol. The molecule has 1 N–H and O–H groups in total. The van der Waals surface area contributed by atoms with Gasteiger partial charge >= 0.3 is 0 Å². The van der Waals surface area contributed by atoms with Crippen molar-refractivity contribution in [2.75, 3.05) is 6.54 Å². The van der Waals surface area contributed by atoms with Crippen LogP contribution in [0.3, 0.4) is 0 Å². The second kappa shape index (κ2) is 4.82. The number of hydrogen-bond donors (Lipinski definition) is 1. The van der Waals surface area contributed by atoms with E-state index in [0.29, 0.717) is 5.41 Å². The normalized spacial score (nSPS) is 20.4. The van der Waals surface area contributed by atoms with Crippen molar-refractivity contribution in [2.45, 2.75) is 26.8 Å². The molecule has 0 aliphatic heterocycles. The summed E-state index contributed by atoms with van der Waals surface area (Å²) in [5.41, 5.74) is 2.76. The van der Waals surface area contributed by atoms with Crippen LogP contribution >= 0.6 is 0 Å². The SMILES string of the molecule is CC1(C)CC1CNCc1ccn(-c2ccccc2)n1. The summed E-state index contributed by atoms with van der Waals surface area (Å²) in [7, 11) is 0. The summed E-state index contributed by atoms with van der Waals surface area (Å²) < 4.78 is 1.93. The molecule has 0 saturated heterocycles. The Morgan fingerprint density at radius 1 is 1.26 bits per heavy atom. The van der Waals surface area contributed by atoms with E-state index in [1.807, 2.05) is 29.1 Å². The van der Waals surface area contributed by atoms with Gasteiger partial charge in [-0.25, -0.2) is 4.68 Å². The molecule has 1 unspecified atom stereocenters. The summed E-state index contributed by atoms with van der Waals surface area (Å²) in [5.74, 6) is 0.837. The van der Waals surface area contributed by atoms with Crippen molar-refractivity contribution in [1.29, 1.82) is 0 Å². The lowest BCUT2D eigenvalue weighted by Gasteiger charge is -2.04. The van der Waals surface area contributed by atoms with E-state index in [9.17, 15) is 0 Å². The number of nitrogens with one attached hydrogen (secondary N) is 1. The van der Waals surface area contributed by atoms with Gasteiger partial charge in [-0.05, 0) is 42.5 Å². The minimum absolute atomic E-state index is 0.552. The van der Waals surface area contributed by atoms with E-state index in [1.165, 1.54) is 6.42 Å². The van der Waals surface area contributed by atoms with E-state index in [-0.39, 0.29) is 0 Å². The fourth-order valence-corrected chi connectivity index (χ4v) is 2.48. The third-order valence-electron chi connectivity index (χ3n) is 4.08. The van der Waals surface area contributed by atoms with Crippen molar-refractivity contribution in [3.63, 3.8) is 0 Å². The number of aromatic nitrogens is 2. The largest absolute Gasteiger partial charge is 0.311 e. The van der Waals surface area contributed by atoms with Gasteiger partial charge in [-0.1, -0.05) is 32.0 Å². The van der Waals surface area contributed by atoms with Crippen LogP contribution in [0.1, 0.15) is 26.0 Å². The summed E-state index contributed by atoms with van der Waals surface area (Å²) >= 11 is 0. The van der Waals surface area contributed by atoms with Crippen molar-refractivity contribution in [2.24, 2.45) is 11.3 Å². The van der Waals surface area contributed by atoms with Crippen molar-refractivity contribution in [3.05, 3.63) is 48.3 Å². The van der Waals surface area contributed by atoms with E-state index in [4.69, 9.17) is 0 Å². The molecule has 1 heterocycles. The van der Waals surface area contributed by atoms with Gasteiger partial charge in [-0.2, -0.15) is 5.10 Å². The predicted molar refractivity (Wildman–Crippen MR) is 77.2 cm³/mol. The average Bonchev–Trinajstić information content (AvgIpc) is 2.83. The van der Waals surface area contributed by atoms with Gasteiger partial charge in [0.05, 0.1) is 11.4 Å². The molecule has 100 valence electrons. The van der Waals surface area contributed by atoms with Gasteiger partial charge in [0.1, 0.15) is 0 Å². The smallest absolute Gasteiger partial charge is 0.0766 e. The Balaban J connectivity index is 1.54. The second-order valence-electron chi connectivity index (χ2n) is 6.11. The maximum Gasteiger partial charge on any atom is 0.0766 e. The second-order valence-corrected chi connectivity index (χ2v) is 6.11. The number of nitrogens with zero attached hydrogens (tertiary/aromatic N) is 2. The summed E-state index contributed by atoms with van der Waals surface area (Å²) in [6.07, 6.45) is 3.37. The number of benzene rings is 1. The number of hydrogen-bond acceptors (Lipinski definition) is 2. The zero-order valence-corrected chi connectivity index (χ0v) is 11.6. The lowest BCUT2D eigenvalue weighted by Crippen LogP contribution is -2.18. The number of para-hydroxylation sites is 1. The van der Waals surface area contributed by atoms with Crippen LogP contribution in [0.2, 0.25) is 0 Å². The van der Waals surface area contributed by atoms with Gasteiger partial charge in [0.15, 0.2) is 0 Å². The summed E-state index contributed by atoms with van der Waals surface area (Å²) in [6, 6.07) is 12.3. The molecule has 1 fully saturated rings. The number of rotatable bonds is 5. The molecular formula is C16H21N3. The van der Waals surface area contributed by atoms with Crippen molar-refractivity contribution >= 4 is 0 Å². The minimum Gasteiger partial charge on any atom is -0.311 e. The molecule has 0 radical (unpaired) electrons. The summed E-state index contributed by atoms with van der Waals surface area (Å²) in [6.45, 7) is 6.63. The zero-order valence-electron chi connectivity index (χ0n) is 11.6. The Morgan fingerprint density at radius 3 is 2.68 bits per heavy atom. The molecule has 0 amide bonds. The summed E-state index contributed by atoms with van der Waals surface area (Å²) in [4.78, 5) is 0. The van der Waals surface area contributed by atoms with Gasteiger partial charge in [0, 0.05) is 12.7 Å². The first-order valence-corrected chi connectivity index (χ1v) is 6.96. The zero-order chi connectivity index (χ0) is 13.3. The fraction of sp³-hybridized carbons (Fsp3) is 0.438. The molecule has 19 heavy (non-hydrogen) atoms. The Kier molecular flexibility index (Phi) is 3.15. The van der Waals surface area contributed by atoms with Gasteiger partial charge in [0.25, 0.3) is 0 Å². The van der Waals surface area contributed by atoms with Crippen LogP contribution in [-0.2, 0) is 6.54 Å². The maximum absolute atomic E-state index is 4.59. The Morgan fingerprint density at radius 2 is 2.00 bits per heavy atom. The van der Waals surface area contributed by atoms with Crippen LogP contribution in [0, 0.1) is 11.3 Å². The lowest BCUT2D eigenvalue weighted by molar-refractivity contribution is 0.517. The van der Waals surface area contributed by atoms with Crippen LogP contribution in [0.4, 0.5) is 0 Å². The summed E-state index contributed by atoms with van der Waals surface area (Å²) in [5, 5.41) is 8.10. The highest BCUT2D eigenvalue weighted by molar-refractivity contribution is 5.30. The molecule has 1 aliphatic carbocycles. The third-order valence-corrected chi connectivity index (χ3v) is 4.08. The molecule has 1 aromatic heterocycles. The van der Waals surface area contributed by atoms with E-state index in [0.717, 1.165) is 30.4 Å². The lowest BCUT2D eigenvalue weighted by atomic mass is 10.1. The molecule has 1 saturated carbocycles.